The molecule has 0 saturated heterocycles. The van der Waals surface area contributed by atoms with Crippen LogP contribution in [0.2, 0.25) is 0 Å². The predicted molar refractivity (Wildman–Crippen MR) is 52.1 cm³/mol. The average molecular weight is 227 g/mol. The molecular weight excluding hydrogens is 214 g/mol. The number of rotatable bonds is 6. The molecule has 0 aliphatic rings. The van der Waals surface area contributed by atoms with Gasteiger partial charge in [0.05, 0.1) is 10.6 Å². The Hall–Kier alpha value is -0.270. The van der Waals surface area contributed by atoms with E-state index in [9.17, 15) is 13.2 Å². The van der Waals surface area contributed by atoms with Gasteiger partial charge in [0.15, 0.2) is 0 Å². The molecule has 0 bridgehead atoms. The minimum atomic E-state index is -4.00. The number of carbonyl (C=O) groups excluding carboxylic acids is 1. The van der Waals surface area contributed by atoms with Gasteiger partial charge in [-0.2, -0.15) is 8.42 Å². The van der Waals surface area contributed by atoms with Crippen LogP contribution in [0.1, 0.15) is 13.3 Å². The van der Waals surface area contributed by atoms with Crippen LogP contribution in [-0.2, 0) is 14.9 Å². The van der Waals surface area contributed by atoms with Gasteiger partial charge in [0.25, 0.3) is 10.1 Å². The van der Waals surface area contributed by atoms with E-state index >= 15 is 0 Å². The SMILES string of the molecule is CSC(CC(C)S(=O)(=O)O)NC=O. The molecule has 78 valence electrons. The highest BCUT2D eigenvalue weighted by Crippen LogP contribution is 2.13. The molecule has 0 spiro atoms. The number of hydrogen-bond acceptors (Lipinski definition) is 4. The van der Waals surface area contributed by atoms with Crippen LogP contribution in [0.5, 0.6) is 0 Å². The summed E-state index contributed by atoms with van der Waals surface area (Å²) in [5, 5.41) is 1.30. The van der Waals surface area contributed by atoms with Crippen molar-refractivity contribution in [2.75, 3.05) is 6.26 Å². The number of nitrogens with one attached hydrogen (secondary N) is 1. The van der Waals surface area contributed by atoms with E-state index in [1.807, 2.05) is 0 Å². The molecule has 0 fully saturated rings. The van der Waals surface area contributed by atoms with Crippen molar-refractivity contribution < 1.29 is 17.8 Å². The summed E-state index contributed by atoms with van der Waals surface area (Å²) >= 11 is 1.32. The Balaban J connectivity index is 4.16. The average Bonchev–Trinajstić information content (AvgIpc) is 2.01. The topological polar surface area (TPSA) is 83.5 Å². The summed E-state index contributed by atoms with van der Waals surface area (Å²) < 4.78 is 29.9. The second-order valence-corrected chi connectivity index (χ2v) is 5.45. The Morgan fingerprint density at radius 1 is 1.62 bits per heavy atom. The van der Waals surface area contributed by atoms with E-state index in [0.717, 1.165) is 0 Å². The molecule has 0 aliphatic carbocycles. The lowest BCUT2D eigenvalue weighted by Crippen LogP contribution is -2.30. The summed E-state index contributed by atoms with van der Waals surface area (Å²) in [5.74, 6) is 0. The lowest BCUT2D eigenvalue weighted by molar-refractivity contribution is -0.109. The molecule has 0 aliphatic heterocycles. The van der Waals surface area contributed by atoms with E-state index in [0.29, 0.717) is 6.41 Å². The fourth-order valence-electron chi connectivity index (χ4n) is 0.731. The predicted octanol–water partition coefficient (Wildman–Crippen LogP) is 0.0879. The molecule has 0 saturated carbocycles. The molecule has 2 atom stereocenters. The first-order valence-corrected chi connectivity index (χ1v) is 6.39. The van der Waals surface area contributed by atoms with Crippen molar-refractivity contribution in [3.05, 3.63) is 0 Å². The first kappa shape index (κ1) is 12.7. The fraction of sp³-hybridized carbons (Fsp3) is 0.833. The molecule has 0 rings (SSSR count). The number of carbonyl (C=O) groups is 1. The molecule has 13 heavy (non-hydrogen) atoms. The van der Waals surface area contributed by atoms with Crippen molar-refractivity contribution in [2.45, 2.75) is 24.0 Å². The van der Waals surface area contributed by atoms with Crippen molar-refractivity contribution in [2.24, 2.45) is 0 Å². The normalized spacial score (nSPS) is 16.2. The van der Waals surface area contributed by atoms with Crippen LogP contribution in [0.4, 0.5) is 0 Å². The Bertz CT molecular complexity index is 251. The Labute approximate surface area is 82.0 Å². The van der Waals surface area contributed by atoms with E-state index < -0.39 is 15.4 Å². The molecule has 7 heteroatoms. The highest BCUT2D eigenvalue weighted by molar-refractivity contribution is 7.99. The zero-order valence-electron chi connectivity index (χ0n) is 7.43. The summed E-state index contributed by atoms with van der Waals surface area (Å²) in [6, 6.07) is 0. The van der Waals surface area contributed by atoms with E-state index in [1.54, 1.807) is 6.26 Å². The van der Waals surface area contributed by atoms with Gasteiger partial charge >= 0.3 is 0 Å². The van der Waals surface area contributed by atoms with E-state index in [-0.39, 0.29) is 11.8 Å². The van der Waals surface area contributed by atoms with Crippen LogP contribution < -0.4 is 5.32 Å². The molecule has 1 amide bonds. The van der Waals surface area contributed by atoms with Gasteiger partial charge in [-0.15, -0.1) is 11.8 Å². The highest BCUT2D eigenvalue weighted by Gasteiger charge is 2.21. The fourth-order valence-corrected chi connectivity index (χ4v) is 1.96. The van der Waals surface area contributed by atoms with Crippen molar-refractivity contribution in [3.8, 4) is 0 Å². The molecule has 0 aromatic rings. The van der Waals surface area contributed by atoms with Gasteiger partial charge < -0.3 is 5.32 Å². The summed E-state index contributed by atoms with van der Waals surface area (Å²) in [6.07, 6.45) is 2.45. The lowest BCUT2D eigenvalue weighted by atomic mass is 10.3. The van der Waals surface area contributed by atoms with Crippen LogP contribution in [-0.4, -0.2) is 36.3 Å². The van der Waals surface area contributed by atoms with Crippen molar-refractivity contribution >= 4 is 28.3 Å². The standard InChI is InChI=1S/C6H13NO4S2/c1-5(13(9,10)11)3-6(12-2)7-4-8/h4-6H,3H2,1-2H3,(H,7,8)(H,9,10,11). The van der Waals surface area contributed by atoms with Gasteiger partial charge in [-0.25, -0.2) is 0 Å². The third kappa shape index (κ3) is 5.12. The molecular formula is C6H13NO4S2. The van der Waals surface area contributed by atoms with E-state index in [4.69, 9.17) is 4.55 Å². The van der Waals surface area contributed by atoms with Crippen molar-refractivity contribution in [1.29, 1.82) is 0 Å². The maximum atomic E-state index is 10.6. The van der Waals surface area contributed by atoms with Crippen LogP contribution >= 0.6 is 11.8 Å². The highest BCUT2D eigenvalue weighted by atomic mass is 32.2. The minimum Gasteiger partial charge on any atom is -0.347 e. The maximum absolute atomic E-state index is 10.6. The second-order valence-electron chi connectivity index (χ2n) is 2.57. The first-order chi connectivity index (χ1) is 5.91. The lowest BCUT2D eigenvalue weighted by Gasteiger charge is -2.16. The van der Waals surface area contributed by atoms with Crippen LogP contribution in [0.15, 0.2) is 0 Å². The summed E-state index contributed by atoms with van der Waals surface area (Å²) in [4.78, 5) is 10.1. The van der Waals surface area contributed by atoms with Gasteiger partial charge in [-0.1, -0.05) is 0 Å². The Kier molecular flexibility index (Phi) is 5.34. The smallest absolute Gasteiger partial charge is 0.267 e. The quantitative estimate of drug-likeness (QED) is 0.381. The zero-order chi connectivity index (χ0) is 10.5. The number of amides is 1. The molecule has 0 aromatic carbocycles. The zero-order valence-corrected chi connectivity index (χ0v) is 9.06. The molecule has 0 radical (unpaired) electrons. The largest absolute Gasteiger partial charge is 0.347 e. The monoisotopic (exact) mass is 227 g/mol. The van der Waals surface area contributed by atoms with Gasteiger partial charge in [0, 0.05) is 0 Å². The molecule has 5 nitrogen and oxygen atoms in total. The van der Waals surface area contributed by atoms with E-state index in [1.165, 1.54) is 18.7 Å². The van der Waals surface area contributed by atoms with E-state index in [2.05, 4.69) is 5.32 Å². The summed E-state index contributed by atoms with van der Waals surface area (Å²) in [5.41, 5.74) is 0. The van der Waals surface area contributed by atoms with Crippen molar-refractivity contribution in [3.63, 3.8) is 0 Å². The van der Waals surface area contributed by atoms with Gasteiger partial charge in [0.1, 0.15) is 0 Å². The minimum absolute atomic E-state index is 0.193. The molecule has 0 heterocycles. The van der Waals surface area contributed by atoms with Crippen LogP contribution in [0, 0.1) is 0 Å². The third-order valence-corrected chi connectivity index (χ3v) is 3.70. The van der Waals surface area contributed by atoms with Crippen LogP contribution in [0.25, 0.3) is 0 Å². The van der Waals surface area contributed by atoms with Crippen molar-refractivity contribution in [1.82, 2.24) is 5.32 Å². The first-order valence-electron chi connectivity index (χ1n) is 3.60. The molecule has 2 N–H and O–H groups in total. The Morgan fingerprint density at radius 2 is 2.15 bits per heavy atom. The summed E-state index contributed by atoms with van der Waals surface area (Å²) in [6.45, 7) is 1.39. The van der Waals surface area contributed by atoms with Gasteiger partial charge in [-0.05, 0) is 19.6 Å². The molecule has 2 unspecified atom stereocenters. The summed E-state index contributed by atoms with van der Waals surface area (Å²) in [7, 11) is -4.00. The van der Waals surface area contributed by atoms with Gasteiger partial charge in [0.2, 0.25) is 6.41 Å². The number of thioether (sulfide) groups is 1. The second kappa shape index (κ2) is 5.46. The molecule has 0 aromatic heterocycles. The number of hydrogen-bond donors (Lipinski definition) is 2. The maximum Gasteiger partial charge on any atom is 0.267 e. The van der Waals surface area contributed by atoms with Crippen LogP contribution in [0.3, 0.4) is 0 Å². The Morgan fingerprint density at radius 3 is 2.46 bits per heavy atom. The van der Waals surface area contributed by atoms with Gasteiger partial charge in [-0.3, -0.25) is 9.35 Å². The third-order valence-electron chi connectivity index (χ3n) is 1.59.